The van der Waals surface area contributed by atoms with Crippen LogP contribution in [0.15, 0.2) is 18.2 Å². The molecule has 2 atom stereocenters. The lowest BCUT2D eigenvalue weighted by Gasteiger charge is -2.35. The maximum atomic E-state index is 6.22. The maximum Gasteiger partial charge on any atom is 0.236 e. The number of aromatic nitrogens is 3. The van der Waals surface area contributed by atoms with Crippen molar-refractivity contribution >= 4 is 46.1 Å². The molecule has 180 valence electrons. The average molecular weight is 566 g/mol. The fourth-order valence-electron chi connectivity index (χ4n) is 5.11. The molecule has 1 aromatic carbocycles. The Hall–Kier alpha value is -1.88. The maximum absolute atomic E-state index is 6.22. The molecule has 1 aromatic heterocycles. The molecule has 1 aliphatic heterocycles. The van der Waals surface area contributed by atoms with Crippen LogP contribution in [0.25, 0.3) is 0 Å². The highest BCUT2D eigenvalue weighted by atomic mass is 127. The van der Waals surface area contributed by atoms with E-state index in [0.29, 0.717) is 24.0 Å². The van der Waals surface area contributed by atoms with E-state index in [1.54, 1.807) is 7.11 Å². The van der Waals surface area contributed by atoms with Crippen molar-refractivity contribution in [1.82, 2.24) is 20.3 Å². The van der Waals surface area contributed by atoms with Gasteiger partial charge in [-0.15, -0.1) is 0 Å². The van der Waals surface area contributed by atoms with Gasteiger partial charge in [0.25, 0.3) is 0 Å². The minimum absolute atomic E-state index is 0.198. The van der Waals surface area contributed by atoms with Crippen LogP contribution in [0.1, 0.15) is 64.7 Å². The normalized spacial score (nSPS) is 20.3. The summed E-state index contributed by atoms with van der Waals surface area (Å²) in [6, 6.07) is 7.17. The summed E-state index contributed by atoms with van der Waals surface area (Å²) in [6.07, 6.45) is 10.7. The van der Waals surface area contributed by atoms with Crippen molar-refractivity contribution in [1.29, 1.82) is 0 Å². The minimum Gasteiger partial charge on any atom is -0.496 e. The summed E-state index contributed by atoms with van der Waals surface area (Å²) in [6.45, 7) is 3.27. The lowest BCUT2D eigenvalue weighted by Crippen LogP contribution is -2.46. The predicted octanol–water partition coefficient (Wildman–Crippen LogP) is 4.87. The number of halogens is 1. The Labute approximate surface area is 210 Å². The number of ether oxygens (including phenoxy) is 1. The number of rotatable bonds is 8. The molecule has 33 heavy (non-hydrogen) atoms. The summed E-state index contributed by atoms with van der Waals surface area (Å²) in [5.74, 6) is 2.28. The van der Waals surface area contributed by atoms with Gasteiger partial charge in [0, 0.05) is 17.8 Å². The molecule has 0 bridgehead atoms. The fraction of sp³-hybridized carbons (Fsp3) is 0.625. The number of hydrogen-bond acceptors (Lipinski definition) is 8. The highest BCUT2D eigenvalue weighted by Gasteiger charge is 2.32. The van der Waals surface area contributed by atoms with Gasteiger partial charge in [-0.1, -0.05) is 32.6 Å². The van der Waals surface area contributed by atoms with Crippen LogP contribution in [0.2, 0.25) is 0 Å². The summed E-state index contributed by atoms with van der Waals surface area (Å²) >= 11 is 2.32. The zero-order chi connectivity index (χ0) is 23.2. The van der Waals surface area contributed by atoms with Gasteiger partial charge in [-0.3, -0.25) is 0 Å². The van der Waals surface area contributed by atoms with Crippen LogP contribution in [-0.2, 0) is 0 Å². The topological polar surface area (TPSA) is 101 Å². The van der Waals surface area contributed by atoms with Gasteiger partial charge in [0.2, 0.25) is 17.8 Å². The number of nitrogens with zero attached hydrogens (tertiary/aromatic N) is 4. The van der Waals surface area contributed by atoms with Gasteiger partial charge in [0.15, 0.2) is 0 Å². The zero-order valence-corrected chi connectivity index (χ0v) is 21.8. The second-order valence-corrected chi connectivity index (χ2v) is 10.2. The third-order valence-corrected chi connectivity index (χ3v) is 7.61. The lowest BCUT2D eigenvalue weighted by atomic mass is 10.0. The largest absolute Gasteiger partial charge is 0.496 e. The van der Waals surface area contributed by atoms with E-state index in [4.69, 9.17) is 15.5 Å². The molecule has 2 unspecified atom stereocenters. The van der Waals surface area contributed by atoms with Crippen molar-refractivity contribution < 1.29 is 4.74 Å². The number of nitrogen functional groups attached to an aromatic ring is 1. The van der Waals surface area contributed by atoms with Crippen LogP contribution in [0, 0.1) is 3.57 Å². The Kier molecular flexibility index (Phi) is 8.45. The van der Waals surface area contributed by atoms with Crippen molar-refractivity contribution in [2.45, 2.75) is 82.8 Å². The first-order valence-electron chi connectivity index (χ1n) is 12.2. The van der Waals surface area contributed by atoms with E-state index in [9.17, 15) is 0 Å². The van der Waals surface area contributed by atoms with E-state index in [1.807, 2.05) is 6.07 Å². The first-order chi connectivity index (χ1) is 16.1. The fourth-order valence-corrected chi connectivity index (χ4v) is 5.83. The monoisotopic (exact) mass is 565 g/mol. The molecule has 8 nitrogen and oxygen atoms in total. The molecule has 4 N–H and O–H groups in total. The number of nitrogens with two attached hydrogens (primary N) is 1. The van der Waals surface area contributed by atoms with Gasteiger partial charge in [-0.05, 0) is 79.4 Å². The van der Waals surface area contributed by atoms with Gasteiger partial charge in [0.05, 0.1) is 16.7 Å². The summed E-state index contributed by atoms with van der Waals surface area (Å²) in [7, 11) is 1.70. The average Bonchev–Trinajstić information content (AvgIpc) is 3.21. The van der Waals surface area contributed by atoms with Crippen LogP contribution >= 0.6 is 22.6 Å². The molecule has 1 saturated heterocycles. The van der Waals surface area contributed by atoms with Gasteiger partial charge < -0.3 is 26.0 Å². The highest BCUT2D eigenvalue weighted by molar-refractivity contribution is 14.1. The Morgan fingerprint density at radius 1 is 1.15 bits per heavy atom. The van der Waals surface area contributed by atoms with Crippen LogP contribution < -0.4 is 26.0 Å². The van der Waals surface area contributed by atoms with Crippen molar-refractivity contribution in [3.8, 4) is 5.75 Å². The Bertz CT molecular complexity index is 914. The Morgan fingerprint density at radius 2 is 1.94 bits per heavy atom. The molecule has 0 radical (unpaired) electrons. The number of hydrogen-bond donors (Lipinski definition) is 3. The number of benzene rings is 1. The van der Waals surface area contributed by atoms with Crippen molar-refractivity contribution in [2.75, 3.05) is 29.6 Å². The molecule has 9 heteroatoms. The van der Waals surface area contributed by atoms with E-state index in [0.717, 1.165) is 47.2 Å². The molecule has 2 aliphatic rings. The SMILES string of the molecule is CCC(C1CCCN1)N(c1ccc(OC)c(I)c1)c1nc(N)nc(NC2CCCCCC2)n1. The number of anilines is 4. The lowest BCUT2D eigenvalue weighted by molar-refractivity contribution is 0.411. The Balaban J connectivity index is 1.71. The molecule has 1 aliphatic carbocycles. The molecule has 2 heterocycles. The molecule has 4 rings (SSSR count). The van der Waals surface area contributed by atoms with Gasteiger partial charge >= 0.3 is 0 Å². The van der Waals surface area contributed by atoms with E-state index >= 15 is 0 Å². The quantitative estimate of drug-likeness (QED) is 0.308. The van der Waals surface area contributed by atoms with E-state index in [-0.39, 0.29) is 12.0 Å². The number of nitrogens with one attached hydrogen (secondary N) is 2. The summed E-state index contributed by atoms with van der Waals surface area (Å²) in [4.78, 5) is 16.2. The summed E-state index contributed by atoms with van der Waals surface area (Å²) in [5, 5.41) is 7.24. The van der Waals surface area contributed by atoms with E-state index in [2.05, 4.69) is 67.1 Å². The van der Waals surface area contributed by atoms with Crippen LogP contribution in [-0.4, -0.2) is 46.7 Å². The van der Waals surface area contributed by atoms with Crippen molar-refractivity contribution in [3.63, 3.8) is 0 Å². The smallest absolute Gasteiger partial charge is 0.236 e. The first kappa shape index (κ1) is 24.3. The van der Waals surface area contributed by atoms with Crippen molar-refractivity contribution in [2.24, 2.45) is 0 Å². The zero-order valence-electron chi connectivity index (χ0n) is 19.7. The van der Waals surface area contributed by atoms with Crippen LogP contribution in [0.3, 0.4) is 0 Å². The molecular weight excluding hydrogens is 529 g/mol. The summed E-state index contributed by atoms with van der Waals surface area (Å²) in [5.41, 5.74) is 7.25. The van der Waals surface area contributed by atoms with Crippen LogP contribution in [0.4, 0.5) is 23.5 Å². The van der Waals surface area contributed by atoms with E-state index in [1.165, 1.54) is 32.1 Å². The third kappa shape index (κ3) is 5.98. The second-order valence-electron chi connectivity index (χ2n) is 9.02. The van der Waals surface area contributed by atoms with Gasteiger partial charge in [0.1, 0.15) is 5.75 Å². The van der Waals surface area contributed by atoms with E-state index < -0.39 is 0 Å². The molecule has 0 spiro atoms. The summed E-state index contributed by atoms with van der Waals surface area (Å²) < 4.78 is 6.54. The van der Waals surface area contributed by atoms with Gasteiger partial charge in [-0.2, -0.15) is 15.0 Å². The standard InChI is InChI=1S/C24H36IN7O/c1-3-20(19-11-8-14-27-19)32(17-12-13-21(33-2)18(25)15-17)24-30-22(26)29-23(31-24)28-16-9-6-4-5-7-10-16/h12-13,15-16,19-20,27H,3-11,14H2,1-2H3,(H3,26,28,29,30,31). The minimum atomic E-state index is 0.198. The van der Waals surface area contributed by atoms with Crippen molar-refractivity contribution in [3.05, 3.63) is 21.8 Å². The molecule has 2 aromatic rings. The Morgan fingerprint density at radius 3 is 2.58 bits per heavy atom. The molecule has 0 amide bonds. The number of methoxy groups -OCH3 is 1. The second kappa shape index (κ2) is 11.5. The van der Waals surface area contributed by atoms with Crippen LogP contribution in [0.5, 0.6) is 5.75 Å². The molecular formula is C24H36IN7O. The first-order valence-corrected chi connectivity index (χ1v) is 13.3. The predicted molar refractivity (Wildman–Crippen MR) is 142 cm³/mol. The van der Waals surface area contributed by atoms with Gasteiger partial charge in [-0.25, -0.2) is 0 Å². The third-order valence-electron chi connectivity index (χ3n) is 6.77. The molecule has 2 fully saturated rings. The highest BCUT2D eigenvalue weighted by Crippen LogP contribution is 2.34. The molecule has 1 saturated carbocycles.